The van der Waals surface area contributed by atoms with Crippen LogP contribution in [-0.4, -0.2) is 25.9 Å². The molecule has 1 atom stereocenters. The van der Waals surface area contributed by atoms with Gasteiger partial charge in [-0.15, -0.1) is 11.8 Å². The molecule has 1 unspecified atom stereocenters. The molecule has 0 aliphatic carbocycles. The number of methoxy groups -OCH3 is 1. The summed E-state index contributed by atoms with van der Waals surface area (Å²) in [6, 6.07) is 13.9. The molecule has 0 spiro atoms. The molecule has 180 valence electrons. The molecule has 1 aliphatic heterocycles. The standard InChI is InChI=1S/C25H27FN2O5S/c1-5-27-24(29)32-22-15(2)28-16(3)23(33-25(30)31-4)21(22)19-8-6-7-9-20(19)34-14-17-10-12-18(26)13-11-17/h6-13,21,28H,5,14H2,1-4H3,(H,27,29). The minimum absolute atomic E-state index is 0.270. The van der Waals surface area contributed by atoms with Crippen molar-refractivity contribution in [2.24, 2.45) is 0 Å². The quantitative estimate of drug-likeness (QED) is 0.378. The van der Waals surface area contributed by atoms with E-state index in [1.54, 1.807) is 44.7 Å². The van der Waals surface area contributed by atoms with E-state index in [9.17, 15) is 14.0 Å². The molecule has 1 heterocycles. The molecule has 0 fully saturated rings. The first-order valence-corrected chi connectivity index (χ1v) is 11.7. The van der Waals surface area contributed by atoms with Gasteiger partial charge in [-0.05, 0) is 50.1 Å². The third kappa shape index (κ3) is 6.11. The van der Waals surface area contributed by atoms with Gasteiger partial charge >= 0.3 is 12.2 Å². The Morgan fingerprint density at radius 1 is 1.03 bits per heavy atom. The normalized spacial score (nSPS) is 15.5. The Morgan fingerprint density at radius 2 is 1.68 bits per heavy atom. The lowest BCUT2D eigenvalue weighted by Gasteiger charge is -2.31. The Morgan fingerprint density at radius 3 is 2.32 bits per heavy atom. The van der Waals surface area contributed by atoms with E-state index in [0.717, 1.165) is 16.0 Å². The predicted molar refractivity (Wildman–Crippen MR) is 127 cm³/mol. The third-order valence-electron chi connectivity index (χ3n) is 5.06. The van der Waals surface area contributed by atoms with Crippen LogP contribution < -0.4 is 10.6 Å². The minimum atomic E-state index is -0.880. The zero-order valence-corrected chi connectivity index (χ0v) is 20.3. The molecule has 0 aromatic heterocycles. The number of amides is 1. The SMILES string of the molecule is CCNC(=O)OC1=C(C)NC(C)=C(OC(=O)OC)C1c1ccccc1SCc1ccc(F)cc1. The molecule has 0 bridgehead atoms. The minimum Gasteiger partial charge on any atom is -0.437 e. The molecule has 2 N–H and O–H groups in total. The second-order valence-electron chi connectivity index (χ2n) is 7.47. The first-order chi connectivity index (χ1) is 16.3. The molecule has 1 aliphatic rings. The summed E-state index contributed by atoms with van der Waals surface area (Å²) < 4.78 is 29.2. The fourth-order valence-electron chi connectivity index (χ4n) is 3.51. The van der Waals surface area contributed by atoms with E-state index < -0.39 is 18.2 Å². The lowest BCUT2D eigenvalue weighted by molar-refractivity contribution is 0.0888. The summed E-state index contributed by atoms with van der Waals surface area (Å²) in [6.07, 6.45) is -1.49. The number of halogens is 1. The summed E-state index contributed by atoms with van der Waals surface area (Å²) in [5.41, 5.74) is 2.95. The van der Waals surface area contributed by atoms with Crippen LogP contribution in [0.1, 0.15) is 37.8 Å². The molecular weight excluding hydrogens is 459 g/mol. The van der Waals surface area contributed by atoms with Crippen LogP contribution in [0.3, 0.4) is 0 Å². The van der Waals surface area contributed by atoms with Crippen LogP contribution >= 0.6 is 11.8 Å². The number of thioether (sulfide) groups is 1. The molecule has 3 rings (SSSR count). The summed E-state index contributed by atoms with van der Waals surface area (Å²) >= 11 is 1.54. The topological polar surface area (TPSA) is 85.9 Å². The molecule has 0 radical (unpaired) electrons. The number of rotatable bonds is 7. The summed E-state index contributed by atoms with van der Waals surface area (Å²) in [4.78, 5) is 25.3. The first kappa shape index (κ1) is 25.2. The van der Waals surface area contributed by atoms with Gasteiger partial charge in [0.25, 0.3) is 0 Å². The lowest BCUT2D eigenvalue weighted by Crippen LogP contribution is -2.32. The highest BCUT2D eigenvalue weighted by Crippen LogP contribution is 2.43. The number of carbonyl (C=O) groups excluding carboxylic acids is 2. The van der Waals surface area contributed by atoms with E-state index in [1.807, 2.05) is 24.3 Å². The fourth-order valence-corrected chi connectivity index (χ4v) is 4.56. The highest BCUT2D eigenvalue weighted by atomic mass is 32.2. The van der Waals surface area contributed by atoms with E-state index in [-0.39, 0.29) is 11.6 Å². The molecule has 2 aromatic carbocycles. The zero-order chi connectivity index (χ0) is 24.7. The number of alkyl carbamates (subject to hydrolysis) is 1. The smallest absolute Gasteiger partial charge is 0.437 e. The Kier molecular flexibility index (Phi) is 8.59. The van der Waals surface area contributed by atoms with E-state index in [1.165, 1.54) is 19.2 Å². The van der Waals surface area contributed by atoms with Crippen LogP contribution in [0.25, 0.3) is 0 Å². The molecule has 0 saturated heterocycles. The fraction of sp³-hybridized carbons (Fsp3) is 0.280. The van der Waals surface area contributed by atoms with Crippen LogP contribution in [0.5, 0.6) is 0 Å². The summed E-state index contributed by atoms with van der Waals surface area (Å²) in [5.74, 6) is 0.200. The number of hydrogen-bond acceptors (Lipinski definition) is 7. The maximum absolute atomic E-state index is 13.3. The summed E-state index contributed by atoms with van der Waals surface area (Å²) in [7, 11) is 1.23. The van der Waals surface area contributed by atoms with Crippen LogP contribution in [0.15, 0.2) is 76.3 Å². The zero-order valence-electron chi connectivity index (χ0n) is 19.4. The maximum atomic E-state index is 13.3. The third-order valence-corrected chi connectivity index (χ3v) is 6.22. The Hall–Kier alpha value is -3.46. The number of allylic oxidation sites excluding steroid dienone is 2. The average Bonchev–Trinajstić information content (AvgIpc) is 2.82. The molecule has 34 heavy (non-hydrogen) atoms. The van der Waals surface area contributed by atoms with Gasteiger partial charge < -0.3 is 24.8 Å². The van der Waals surface area contributed by atoms with Crippen molar-refractivity contribution in [3.8, 4) is 0 Å². The Bertz CT molecular complexity index is 1110. The van der Waals surface area contributed by atoms with Gasteiger partial charge in [0.15, 0.2) is 0 Å². The molecule has 9 heteroatoms. The highest BCUT2D eigenvalue weighted by molar-refractivity contribution is 7.98. The van der Waals surface area contributed by atoms with Crippen LogP contribution in [0, 0.1) is 5.82 Å². The molecule has 7 nitrogen and oxygen atoms in total. The van der Waals surface area contributed by atoms with Gasteiger partial charge in [0.1, 0.15) is 23.3 Å². The number of carbonyl (C=O) groups is 2. The number of benzene rings is 2. The van der Waals surface area contributed by atoms with E-state index in [4.69, 9.17) is 14.2 Å². The monoisotopic (exact) mass is 486 g/mol. The second-order valence-corrected chi connectivity index (χ2v) is 8.48. The van der Waals surface area contributed by atoms with Gasteiger partial charge in [-0.25, -0.2) is 14.0 Å². The van der Waals surface area contributed by atoms with Gasteiger partial charge in [-0.2, -0.15) is 0 Å². The van der Waals surface area contributed by atoms with Crippen LogP contribution in [0.4, 0.5) is 14.0 Å². The average molecular weight is 487 g/mol. The van der Waals surface area contributed by atoms with Crippen molar-refractivity contribution in [2.75, 3.05) is 13.7 Å². The largest absolute Gasteiger partial charge is 0.513 e. The molecule has 0 saturated carbocycles. The van der Waals surface area contributed by atoms with Gasteiger partial charge in [-0.3, -0.25) is 0 Å². The first-order valence-electron chi connectivity index (χ1n) is 10.7. The van der Waals surface area contributed by atoms with E-state index >= 15 is 0 Å². The summed E-state index contributed by atoms with van der Waals surface area (Å²) in [5, 5.41) is 5.74. The molecular formula is C25H27FN2O5S. The maximum Gasteiger partial charge on any atom is 0.513 e. The van der Waals surface area contributed by atoms with Crippen molar-refractivity contribution >= 4 is 24.0 Å². The second kappa shape index (κ2) is 11.6. The molecule has 1 amide bonds. The van der Waals surface area contributed by atoms with Crippen LogP contribution in [-0.2, 0) is 20.0 Å². The number of hydrogen-bond donors (Lipinski definition) is 2. The van der Waals surface area contributed by atoms with Crippen molar-refractivity contribution in [3.63, 3.8) is 0 Å². The van der Waals surface area contributed by atoms with E-state index in [0.29, 0.717) is 29.5 Å². The van der Waals surface area contributed by atoms with Crippen molar-refractivity contribution < 1.29 is 28.2 Å². The number of nitrogens with one attached hydrogen (secondary N) is 2. The number of dihydropyridines is 1. The van der Waals surface area contributed by atoms with Crippen molar-refractivity contribution in [1.29, 1.82) is 0 Å². The Balaban J connectivity index is 2.02. The highest BCUT2D eigenvalue weighted by Gasteiger charge is 2.36. The van der Waals surface area contributed by atoms with Gasteiger partial charge in [0.2, 0.25) is 0 Å². The van der Waals surface area contributed by atoms with Gasteiger partial charge in [0.05, 0.1) is 18.5 Å². The lowest BCUT2D eigenvalue weighted by atomic mass is 9.90. The van der Waals surface area contributed by atoms with Crippen molar-refractivity contribution in [1.82, 2.24) is 10.6 Å². The predicted octanol–water partition coefficient (Wildman–Crippen LogP) is 5.80. The number of ether oxygens (including phenoxy) is 3. The van der Waals surface area contributed by atoms with E-state index in [2.05, 4.69) is 10.6 Å². The van der Waals surface area contributed by atoms with Crippen molar-refractivity contribution in [3.05, 3.63) is 88.4 Å². The van der Waals surface area contributed by atoms with Gasteiger partial charge in [-0.1, -0.05) is 30.3 Å². The van der Waals surface area contributed by atoms with Crippen LogP contribution in [0.2, 0.25) is 0 Å². The van der Waals surface area contributed by atoms with Crippen molar-refractivity contribution in [2.45, 2.75) is 37.3 Å². The summed E-state index contributed by atoms with van der Waals surface area (Å²) in [6.45, 7) is 5.74. The Labute approximate surface area is 202 Å². The van der Waals surface area contributed by atoms with Gasteiger partial charge in [0, 0.05) is 17.2 Å². The molecule has 2 aromatic rings.